The molecule has 1 amide bonds. The summed E-state index contributed by atoms with van der Waals surface area (Å²) in [6.45, 7) is 1.96. The van der Waals surface area contributed by atoms with E-state index in [1.54, 1.807) is 6.07 Å². The van der Waals surface area contributed by atoms with E-state index in [0.29, 0.717) is 4.88 Å². The molecule has 4 heteroatoms. The standard InChI is InChI=1S/C14H12N2OS/c1-10-4-2-5-11(8-10)12(9-15)16-14(17)13-6-3-7-18-13/h2-8,12H,1H3,(H,16,17). The first-order chi connectivity index (χ1) is 8.70. The molecular weight excluding hydrogens is 244 g/mol. The molecule has 0 radical (unpaired) electrons. The molecule has 1 N–H and O–H groups in total. The number of aryl methyl sites for hydroxylation is 1. The molecule has 0 bridgehead atoms. The van der Waals surface area contributed by atoms with Gasteiger partial charge in [-0.05, 0) is 23.9 Å². The number of hydrogen-bond acceptors (Lipinski definition) is 3. The molecule has 0 spiro atoms. The van der Waals surface area contributed by atoms with Crippen LogP contribution in [0.4, 0.5) is 0 Å². The molecule has 0 aliphatic heterocycles. The first-order valence-corrected chi connectivity index (χ1v) is 6.39. The Balaban J connectivity index is 2.16. The third kappa shape index (κ3) is 2.76. The lowest BCUT2D eigenvalue weighted by Gasteiger charge is -2.11. The fourth-order valence-corrected chi connectivity index (χ4v) is 2.28. The number of nitrogens with one attached hydrogen (secondary N) is 1. The van der Waals surface area contributed by atoms with Gasteiger partial charge in [-0.3, -0.25) is 4.79 Å². The highest BCUT2D eigenvalue weighted by molar-refractivity contribution is 7.12. The highest BCUT2D eigenvalue weighted by Gasteiger charge is 2.15. The van der Waals surface area contributed by atoms with Crippen LogP contribution in [0.25, 0.3) is 0 Å². The van der Waals surface area contributed by atoms with E-state index < -0.39 is 6.04 Å². The molecule has 90 valence electrons. The van der Waals surface area contributed by atoms with Gasteiger partial charge >= 0.3 is 0 Å². The predicted molar refractivity (Wildman–Crippen MR) is 71.3 cm³/mol. The average Bonchev–Trinajstić information content (AvgIpc) is 2.89. The van der Waals surface area contributed by atoms with Crippen LogP contribution in [-0.4, -0.2) is 5.91 Å². The van der Waals surface area contributed by atoms with Crippen molar-refractivity contribution in [2.24, 2.45) is 0 Å². The van der Waals surface area contributed by atoms with Gasteiger partial charge in [-0.1, -0.05) is 35.9 Å². The van der Waals surface area contributed by atoms with E-state index in [4.69, 9.17) is 5.26 Å². The molecule has 1 aromatic carbocycles. The summed E-state index contributed by atoms with van der Waals surface area (Å²) < 4.78 is 0. The fourth-order valence-electron chi connectivity index (χ4n) is 1.65. The Labute approximate surface area is 110 Å². The Bertz CT molecular complexity index is 584. The lowest BCUT2D eigenvalue weighted by Crippen LogP contribution is -2.26. The molecule has 0 aliphatic carbocycles. The van der Waals surface area contributed by atoms with Crippen molar-refractivity contribution in [3.05, 3.63) is 57.8 Å². The van der Waals surface area contributed by atoms with E-state index in [-0.39, 0.29) is 5.91 Å². The number of amides is 1. The lowest BCUT2D eigenvalue weighted by molar-refractivity contribution is 0.0949. The van der Waals surface area contributed by atoms with Gasteiger partial charge in [-0.25, -0.2) is 0 Å². The largest absolute Gasteiger partial charge is 0.332 e. The van der Waals surface area contributed by atoms with Gasteiger partial charge in [-0.2, -0.15) is 5.26 Å². The summed E-state index contributed by atoms with van der Waals surface area (Å²) in [6.07, 6.45) is 0. The van der Waals surface area contributed by atoms with Crippen molar-refractivity contribution < 1.29 is 4.79 Å². The number of thiophene rings is 1. The third-order valence-corrected chi connectivity index (χ3v) is 3.39. The molecule has 2 aromatic rings. The van der Waals surface area contributed by atoms with E-state index in [1.165, 1.54) is 11.3 Å². The third-order valence-electron chi connectivity index (χ3n) is 2.52. The predicted octanol–water partition coefficient (Wildman–Crippen LogP) is 3.05. The molecule has 3 nitrogen and oxygen atoms in total. The number of hydrogen-bond donors (Lipinski definition) is 1. The van der Waals surface area contributed by atoms with Gasteiger partial charge < -0.3 is 5.32 Å². The Hall–Kier alpha value is -2.12. The van der Waals surface area contributed by atoms with Crippen LogP contribution < -0.4 is 5.32 Å². The second-order valence-corrected chi connectivity index (χ2v) is 4.87. The fraction of sp³-hybridized carbons (Fsp3) is 0.143. The second kappa shape index (κ2) is 5.48. The van der Waals surface area contributed by atoms with Gasteiger partial charge in [0.1, 0.15) is 6.04 Å². The maximum Gasteiger partial charge on any atom is 0.262 e. The van der Waals surface area contributed by atoms with E-state index in [9.17, 15) is 4.79 Å². The molecule has 1 atom stereocenters. The molecule has 0 aliphatic rings. The highest BCUT2D eigenvalue weighted by atomic mass is 32.1. The first kappa shape index (κ1) is 12.3. The number of benzene rings is 1. The van der Waals surface area contributed by atoms with E-state index in [2.05, 4.69) is 11.4 Å². The quantitative estimate of drug-likeness (QED) is 0.917. The minimum atomic E-state index is -0.612. The molecule has 1 aromatic heterocycles. The Kier molecular flexibility index (Phi) is 3.75. The van der Waals surface area contributed by atoms with Crippen LogP contribution in [0.2, 0.25) is 0 Å². The van der Waals surface area contributed by atoms with Crippen LogP contribution >= 0.6 is 11.3 Å². The zero-order valence-corrected chi connectivity index (χ0v) is 10.7. The van der Waals surface area contributed by atoms with Gasteiger partial charge in [0, 0.05) is 0 Å². The molecule has 0 fully saturated rings. The van der Waals surface area contributed by atoms with Crippen LogP contribution in [0, 0.1) is 18.3 Å². The van der Waals surface area contributed by atoms with Crippen molar-refractivity contribution in [3.63, 3.8) is 0 Å². The topological polar surface area (TPSA) is 52.9 Å². The molecule has 2 rings (SSSR count). The maximum absolute atomic E-state index is 11.9. The van der Waals surface area contributed by atoms with E-state index >= 15 is 0 Å². The number of carbonyl (C=O) groups excluding carboxylic acids is 1. The van der Waals surface area contributed by atoms with Crippen molar-refractivity contribution in [1.29, 1.82) is 5.26 Å². The molecular formula is C14H12N2OS. The molecule has 0 saturated carbocycles. The van der Waals surface area contributed by atoms with Crippen molar-refractivity contribution in [2.45, 2.75) is 13.0 Å². The van der Waals surface area contributed by atoms with Gasteiger partial charge in [0.2, 0.25) is 0 Å². The summed E-state index contributed by atoms with van der Waals surface area (Å²) in [4.78, 5) is 12.5. The summed E-state index contributed by atoms with van der Waals surface area (Å²) in [5.41, 5.74) is 1.88. The van der Waals surface area contributed by atoms with Crippen molar-refractivity contribution in [1.82, 2.24) is 5.32 Å². The van der Waals surface area contributed by atoms with Crippen LogP contribution in [-0.2, 0) is 0 Å². The van der Waals surface area contributed by atoms with E-state index in [1.807, 2.05) is 42.6 Å². The van der Waals surface area contributed by atoms with Crippen LogP contribution in [0.1, 0.15) is 26.8 Å². The monoisotopic (exact) mass is 256 g/mol. The number of rotatable bonds is 3. The Morgan fingerprint density at radius 1 is 1.39 bits per heavy atom. The van der Waals surface area contributed by atoms with Crippen molar-refractivity contribution >= 4 is 17.2 Å². The summed E-state index contributed by atoms with van der Waals surface area (Å²) in [5, 5.41) is 13.7. The van der Waals surface area contributed by atoms with Crippen molar-refractivity contribution in [3.8, 4) is 6.07 Å². The van der Waals surface area contributed by atoms with Gasteiger partial charge in [0.25, 0.3) is 5.91 Å². The Morgan fingerprint density at radius 3 is 2.83 bits per heavy atom. The minimum Gasteiger partial charge on any atom is -0.332 e. The second-order valence-electron chi connectivity index (χ2n) is 3.93. The zero-order valence-electron chi connectivity index (χ0n) is 9.88. The maximum atomic E-state index is 11.9. The highest BCUT2D eigenvalue weighted by Crippen LogP contribution is 2.16. The van der Waals surface area contributed by atoms with E-state index in [0.717, 1.165) is 11.1 Å². The van der Waals surface area contributed by atoms with Crippen molar-refractivity contribution in [2.75, 3.05) is 0 Å². The van der Waals surface area contributed by atoms with Gasteiger partial charge in [-0.15, -0.1) is 11.3 Å². The SMILES string of the molecule is Cc1cccc(C(C#N)NC(=O)c2cccs2)c1. The summed E-state index contributed by atoms with van der Waals surface area (Å²) in [5.74, 6) is -0.210. The number of carbonyl (C=O) groups is 1. The first-order valence-electron chi connectivity index (χ1n) is 5.51. The molecule has 1 heterocycles. The Morgan fingerprint density at radius 2 is 2.22 bits per heavy atom. The summed E-state index contributed by atoms with van der Waals surface area (Å²) in [6, 6.07) is 12.6. The summed E-state index contributed by atoms with van der Waals surface area (Å²) >= 11 is 1.36. The molecule has 18 heavy (non-hydrogen) atoms. The minimum absolute atomic E-state index is 0.210. The average molecular weight is 256 g/mol. The smallest absolute Gasteiger partial charge is 0.262 e. The van der Waals surface area contributed by atoms with Gasteiger partial charge in [0.15, 0.2) is 0 Å². The normalized spacial score (nSPS) is 11.6. The number of nitriles is 1. The van der Waals surface area contributed by atoms with Crippen LogP contribution in [0.5, 0.6) is 0 Å². The zero-order chi connectivity index (χ0) is 13.0. The van der Waals surface area contributed by atoms with Crippen LogP contribution in [0.15, 0.2) is 41.8 Å². The molecule has 0 saturated heterocycles. The molecule has 1 unspecified atom stereocenters. The van der Waals surface area contributed by atoms with Crippen LogP contribution in [0.3, 0.4) is 0 Å². The number of nitrogens with zero attached hydrogens (tertiary/aromatic N) is 1. The van der Waals surface area contributed by atoms with Gasteiger partial charge in [0.05, 0.1) is 10.9 Å². The summed E-state index contributed by atoms with van der Waals surface area (Å²) in [7, 11) is 0. The lowest BCUT2D eigenvalue weighted by atomic mass is 10.1.